The zero-order valence-corrected chi connectivity index (χ0v) is 12.9. The Labute approximate surface area is 122 Å². The molecule has 3 rings (SSSR count). The standard InChI is InChI=1S/C20H24/c1-14-12-19-9-5-7-17-6-4-8-18(15(17)2)10-11-20(13-14)16(19)3/h4,6,8,12-13H,5,7,9-11H2,1-3H3. The Bertz CT molecular complexity index is 635. The van der Waals surface area contributed by atoms with Crippen molar-refractivity contribution in [1.29, 1.82) is 0 Å². The molecule has 0 atom stereocenters. The van der Waals surface area contributed by atoms with Crippen molar-refractivity contribution < 1.29 is 0 Å². The maximum absolute atomic E-state index is 2.39. The molecule has 104 valence electrons. The molecular weight excluding hydrogens is 240 g/mol. The van der Waals surface area contributed by atoms with Crippen LogP contribution in [0.25, 0.3) is 0 Å². The van der Waals surface area contributed by atoms with Gasteiger partial charge in [0.05, 0.1) is 0 Å². The van der Waals surface area contributed by atoms with Crippen LogP contribution in [0, 0.1) is 20.8 Å². The fourth-order valence-electron chi connectivity index (χ4n) is 3.55. The minimum Gasteiger partial charge on any atom is -0.0617 e. The van der Waals surface area contributed by atoms with Crippen molar-refractivity contribution in [2.45, 2.75) is 52.9 Å². The zero-order chi connectivity index (χ0) is 14.1. The van der Waals surface area contributed by atoms with E-state index in [1.54, 1.807) is 16.7 Å². The quantitative estimate of drug-likeness (QED) is 0.636. The van der Waals surface area contributed by atoms with Gasteiger partial charge in [-0.05, 0) is 86.3 Å². The first-order chi connectivity index (χ1) is 9.65. The smallest absolute Gasteiger partial charge is 0.0235 e. The molecule has 0 heteroatoms. The van der Waals surface area contributed by atoms with Gasteiger partial charge in [-0.1, -0.05) is 35.9 Å². The van der Waals surface area contributed by atoms with Crippen molar-refractivity contribution in [1.82, 2.24) is 0 Å². The highest BCUT2D eigenvalue weighted by Gasteiger charge is 2.11. The van der Waals surface area contributed by atoms with Crippen molar-refractivity contribution in [3.63, 3.8) is 0 Å². The third kappa shape index (κ3) is 2.52. The Morgan fingerprint density at radius 2 is 1.15 bits per heavy atom. The molecule has 0 nitrogen and oxygen atoms in total. The molecule has 0 amide bonds. The van der Waals surface area contributed by atoms with Gasteiger partial charge in [0.25, 0.3) is 0 Å². The number of rotatable bonds is 0. The highest BCUT2D eigenvalue weighted by molar-refractivity contribution is 5.41. The van der Waals surface area contributed by atoms with Gasteiger partial charge in [0.1, 0.15) is 0 Å². The zero-order valence-electron chi connectivity index (χ0n) is 12.9. The van der Waals surface area contributed by atoms with Crippen molar-refractivity contribution in [2.24, 2.45) is 0 Å². The average Bonchev–Trinajstić information content (AvgIpc) is 2.43. The predicted octanol–water partition coefficient (Wildman–Crippen LogP) is 4.89. The molecule has 20 heavy (non-hydrogen) atoms. The van der Waals surface area contributed by atoms with Crippen molar-refractivity contribution in [3.05, 3.63) is 69.3 Å². The molecular formula is C20H24. The summed E-state index contributed by atoms with van der Waals surface area (Å²) in [6.07, 6.45) is 6.02. The molecule has 0 heterocycles. The fraction of sp³-hybridized carbons (Fsp3) is 0.400. The summed E-state index contributed by atoms with van der Waals surface area (Å²) in [5.41, 5.74) is 10.7. The van der Waals surface area contributed by atoms with Gasteiger partial charge in [-0.25, -0.2) is 0 Å². The van der Waals surface area contributed by atoms with Crippen LogP contribution < -0.4 is 0 Å². The topological polar surface area (TPSA) is 0 Å². The first-order valence-corrected chi connectivity index (χ1v) is 7.81. The number of benzene rings is 2. The summed E-state index contributed by atoms with van der Waals surface area (Å²) in [5.74, 6) is 0. The lowest BCUT2D eigenvalue weighted by Gasteiger charge is -2.13. The second-order valence-corrected chi connectivity index (χ2v) is 6.26. The van der Waals surface area contributed by atoms with Crippen LogP contribution in [-0.4, -0.2) is 0 Å². The van der Waals surface area contributed by atoms with Crippen molar-refractivity contribution in [2.75, 3.05) is 0 Å². The van der Waals surface area contributed by atoms with Crippen LogP contribution in [0.4, 0.5) is 0 Å². The second kappa shape index (κ2) is 5.44. The molecule has 2 aromatic carbocycles. The van der Waals surface area contributed by atoms with Crippen LogP contribution >= 0.6 is 0 Å². The van der Waals surface area contributed by atoms with Crippen LogP contribution in [0.5, 0.6) is 0 Å². The van der Waals surface area contributed by atoms with Crippen LogP contribution in [0.15, 0.2) is 30.3 Å². The maximum atomic E-state index is 2.39. The number of aryl methyl sites for hydroxylation is 5. The van der Waals surface area contributed by atoms with E-state index < -0.39 is 0 Å². The van der Waals surface area contributed by atoms with E-state index in [2.05, 4.69) is 51.1 Å². The predicted molar refractivity (Wildman–Crippen MR) is 86.5 cm³/mol. The Hall–Kier alpha value is -1.56. The summed E-state index contributed by atoms with van der Waals surface area (Å²) in [4.78, 5) is 0. The molecule has 0 aliphatic heterocycles. The van der Waals surface area contributed by atoms with E-state index in [1.165, 1.54) is 54.4 Å². The van der Waals surface area contributed by atoms with Crippen LogP contribution in [0.3, 0.4) is 0 Å². The van der Waals surface area contributed by atoms with E-state index in [1.807, 2.05) is 0 Å². The van der Waals surface area contributed by atoms with Gasteiger partial charge < -0.3 is 0 Å². The first-order valence-electron chi connectivity index (χ1n) is 7.81. The molecule has 1 aliphatic rings. The molecule has 1 aliphatic carbocycles. The van der Waals surface area contributed by atoms with Gasteiger partial charge >= 0.3 is 0 Å². The number of hydrogen-bond acceptors (Lipinski definition) is 0. The average molecular weight is 264 g/mol. The first kappa shape index (κ1) is 13.4. The van der Waals surface area contributed by atoms with E-state index in [9.17, 15) is 0 Å². The van der Waals surface area contributed by atoms with Gasteiger partial charge in [-0.2, -0.15) is 0 Å². The molecule has 0 spiro atoms. The third-order valence-electron chi connectivity index (χ3n) is 4.88. The summed E-state index contributed by atoms with van der Waals surface area (Å²) < 4.78 is 0. The minimum absolute atomic E-state index is 1.17. The summed E-state index contributed by atoms with van der Waals surface area (Å²) in [6, 6.07) is 11.6. The van der Waals surface area contributed by atoms with Crippen molar-refractivity contribution in [3.8, 4) is 0 Å². The molecule has 0 saturated heterocycles. The van der Waals surface area contributed by atoms with Gasteiger partial charge in [0.15, 0.2) is 0 Å². The fourth-order valence-corrected chi connectivity index (χ4v) is 3.55. The summed E-state index contributed by atoms with van der Waals surface area (Å²) in [5, 5.41) is 0. The lowest BCUT2D eigenvalue weighted by atomic mass is 9.93. The van der Waals surface area contributed by atoms with Gasteiger partial charge in [0.2, 0.25) is 0 Å². The lowest BCUT2D eigenvalue weighted by Crippen LogP contribution is -2.00. The van der Waals surface area contributed by atoms with Gasteiger partial charge in [0, 0.05) is 0 Å². The normalized spacial score (nSPS) is 14.8. The largest absolute Gasteiger partial charge is 0.0617 e. The summed E-state index contributed by atoms with van der Waals surface area (Å²) in [6.45, 7) is 6.85. The van der Waals surface area contributed by atoms with Gasteiger partial charge in [-0.15, -0.1) is 0 Å². The highest BCUT2D eigenvalue weighted by atomic mass is 14.2. The Kier molecular flexibility index (Phi) is 3.65. The molecule has 0 radical (unpaired) electrons. The van der Waals surface area contributed by atoms with E-state index >= 15 is 0 Å². The minimum atomic E-state index is 1.17. The Morgan fingerprint density at radius 3 is 1.90 bits per heavy atom. The maximum Gasteiger partial charge on any atom is -0.0235 e. The lowest BCUT2D eigenvalue weighted by molar-refractivity contribution is 0.810. The van der Waals surface area contributed by atoms with Gasteiger partial charge in [-0.3, -0.25) is 0 Å². The molecule has 0 N–H and O–H groups in total. The number of hydrogen-bond donors (Lipinski definition) is 0. The third-order valence-corrected chi connectivity index (χ3v) is 4.88. The van der Waals surface area contributed by atoms with Crippen LogP contribution in [0.2, 0.25) is 0 Å². The van der Waals surface area contributed by atoms with E-state index in [0.29, 0.717) is 0 Å². The Morgan fingerprint density at radius 1 is 0.650 bits per heavy atom. The monoisotopic (exact) mass is 264 g/mol. The summed E-state index contributed by atoms with van der Waals surface area (Å²) >= 11 is 0. The molecule has 4 bridgehead atoms. The Balaban J connectivity index is 2.04. The molecule has 0 fully saturated rings. The molecule has 0 unspecified atom stereocenters. The van der Waals surface area contributed by atoms with Crippen LogP contribution in [-0.2, 0) is 25.7 Å². The molecule has 0 aromatic heterocycles. The van der Waals surface area contributed by atoms with E-state index in [-0.39, 0.29) is 0 Å². The second-order valence-electron chi connectivity index (χ2n) is 6.26. The van der Waals surface area contributed by atoms with E-state index in [0.717, 1.165) is 0 Å². The molecule has 0 saturated carbocycles. The highest BCUT2D eigenvalue weighted by Crippen LogP contribution is 2.24. The van der Waals surface area contributed by atoms with E-state index in [4.69, 9.17) is 0 Å². The SMILES string of the molecule is Cc1cc2c(C)c(c1)CCc1cccc(c1C)CCC2. The molecule has 2 aromatic rings. The number of fused-ring (bicyclic) bond motifs is 4. The van der Waals surface area contributed by atoms with Crippen molar-refractivity contribution >= 4 is 0 Å². The van der Waals surface area contributed by atoms with Crippen LogP contribution in [0.1, 0.15) is 45.4 Å². The summed E-state index contributed by atoms with van der Waals surface area (Å²) in [7, 11) is 0.